The van der Waals surface area contributed by atoms with E-state index in [1.165, 1.54) is 0 Å². The first-order chi connectivity index (χ1) is 8.36. The highest BCUT2D eigenvalue weighted by Crippen LogP contribution is 2.38. The predicted octanol–water partition coefficient (Wildman–Crippen LogP) is 2.21. The van der Waals surface area contributed by atoms with E-state index in [-0.39, 0.29) is 30.5 Å². The van der Waals surface area contributed by atoms with Gasteiger partial charge in [-0.05, 0) is 26.2 Å². The summed E-state index contributed by atoms with van der Waals surface area (Å²) < 4.78 is 37.4. The maximum atomic E-state index is 13.0. The average molecular weight is 263 g/mol. The Morgan fingerprint density at radius 2 is 2.11 bits per heavy atom. The molecule has 18 heavy (non-hydrogen) atoms. The topological polar surface area (TPSA) is 30.5 Å². The molecular weight excluding hydrogens is 240 g/mol. The van der Waals surface area contributed by atoms with Crippen molar-refractivity contribution in [2.24, 2.45) is 5.92 Å². The molecule has 2 fully saturated rings. The van der Waals surface area contributed by atoms with E-state index in [0.717, 1.165) is 13.1 Å². The molecule has 5 heteroatoms. The zero-order chi connectivity index (χ0) is 13.2. The summed E-state index contributed by atoms with van der Waals surface area (Å²) in [6.45, 7) is 6.57. The monoisotopic (exact) mass is 263 g/mol. The van der Waals surface area contributed by atoms with E-state index in [1.54, 1.807) is 0 Å². The van der Waals surface area contributed by atoms with Crippen molar-refractivity contribution >= 4 is 0 Å². The van der Waals surface area contributed by atoms with Gasteiger partial charge < -0.3 is 14.8 Å². The molecule has 1 N–H and O–H groups in total. The molecule has 0 radical (unpaired) electrons. The number of hydrogen-bond donors (Lipinski definition) is 1. The van der Waals surface area contributed by atoms with Crippen molar-refractivity contribution in [2.75, 3.05) is 26.3 Å². The molecule has 0 aromatic heterocycles. The van der Waals surface area contributed by atoms with Crippen molar-refractivity contribution in [3.63, 3.8) is 0 Å². The molecule has 0 spiro atoms. The largest absolute Gasteiger partial charge is 0.378 e. The van der Waals surface area contributed by atoms with E-state index in [2.05, 4.69) is 5.32 Å². The maximum Gasteiger partial charge on any atom is 0.248 e. The van der Waals surface area contributed by atoms with Crippen LogP contribution >= 0.6 is 0 Å². The van der Waals surface area contributed by atoms with Crippen LogP contribution in [0, 0.1) is 5.92 Å². The van der Waals surface area contributed by atoms with E-state index in [9.17, 15) is 8.78 Å². The lowest BCUT2D eigenvalue weighted by Gasteiger charge is -2.36. The Morgan fingerprint density at radius 1 is 1.33 bits per heavy atom. The lowest BCUT2D eigenvalue weighted by Crippen LogP contribution is -2.51. The second kappa shape index (κ2) is 5.39. The first-order valence-corrected chi connectivity index (χ1v) is 6.70. The highest BCUT2D eigenvalue weighted by atomic mass is 19.3. The van der Waals surface area contributed by atoms with Crippen LogP contribution in [-0.4, -0.2) is 43.9 Å². The summed E-state index contributed by atoms with van der Waals surface area (Å²) in [6, 6.07) is 0. The van der Waals surface area contributed by atoms with E-state index < -0.39 is 5.92 Å². The normalized spacial score (nSPS) is 34.7. The van der Waals surface area contributed by atoms with E-state index in [4.69, 9.17) is 9.47 Å². The van der Waals surface area contributed by atoms with Crippen LogP contribution in [0.3, 0.4) is 0 Å². The van der Waals surface area contributed by atoms with Crippen molar-refractivity contribution in [3.8, 4) is 0 Å². The first-order valence-electron chi connectivity index (χ1n) is 6.70. The molecule has 1 saturated carbocycles. The number of rotatable bonds is 4. The Hall–Kier alpha value is -0.260. The average Bonchev–Trinajstić information content (AvgIpc) is 2.57. The predicted molar refractivity (Wildman–Crippen MR) is 64.9 cm³/mol. The molecule has 2 rings (SSSR count). The Labute approximate surface area is 107 Å². The smallest absolute Gasteiger partial charge is 0.248 e. The van der Waals surface area contributed by atoms with Gasteiger partial charge in [0.25, 0.3) is 0 Å². The SMILES string of the molecule is CC1(C)CNCC(COCC2CCC(F)(F)C2)O1. The summed E-state index contributed by atoms with van der Waals surface area (Å²) in [5, 5.41) is 3.29. The van der Waals surface area contributed by atoms with E-state index >= 15 is 0 Å². The lowest BCUT2D eigenvalue weighted by atomic mass is 10.1. The van der Waals surface area contributed by atoms with Gasteiger partial charge in [-0.1, -0.05) is 0 Å². The van der Waals surface area contributed by atoms with Crippen LogP contribution in [-0.2, 0) is 9.47 Å². The number of hydrogen-bond acceptors (Lipinski definition) is 3. The third-order valence-corrected chi connectivity index (χ3v) is 3.57. The van der Waals surface area contributed by atoms with Gasteiger partial charge in [0.05, 0.1) is 18.3 Å². The maximum absolute atomic E-state index is 13.0. The number of nitrogens with one attached hydrogen (secondary N) is 1. The van der Waals surface area contributed by atoms with Crippen molar-refractivity contribution in [2.45, 2.75) is 50.7 Å². The Kier molecular flexibility index (Phi) is 4.24. The van der Waals surface area contributed by atoms with Crippen LogP contribution in [0.15, 0.2) is 0 Å². The molecule has 2 unspecified atom stereocenters. The minimum Gasteiger partial charge on any atom is -0.378 e. The standard InChI is InChI=1S/C13H23F2NO2/c1-12(2)9-16-6-11(18-12)8-17-7-10-3-4-13(14,15)5-10/h10-11,16H,3-9H2,1-2H3. The Morgan fingerprint density at radius 3 is 2.72 bits per heavy atom. The molecule has 0 bridgehead atoms. The second-order valence-electron chi connectivity index (χ2n) is 6.13. The Bertz CT molecular complexity index is 284. The van der Waals surface area contributed by atoms with Gasteiger partial charge in [0.2, 0.25) is 5.92 Å². The highest BCUT2D eigenvalue weighted by molar-refractivity contribution is 4.83. The minimum absolute atomic E-state index is 0.00422. The minimum atomic E-state index is -2.47. The van der Waals surface area contributed by atoms with Crippen molar-refractivity contribution < 1.29 is 18.3 Å². The summed E-state index contributed by atoms with van der Waals surface area (Å²) in [5.74, 6) is -2.47. The molecule has 106 valence electrons. The fourth-order valence-corrected chi connectivity index (χ4v) is 2.71. The van der Waals surface area contributed by atoms with E-state index in [0.29, 0.717) is 19.6 Å². The lowest BCUT2D eigenvalue weighted by molar-refractivity contribution is -0.122. The van der Waals surface area contributed by atoms with Gasteiger partial charge >= 0.3 is 0 Å². The summed E-state index contributed by atoms with van der Waals surface area (Å²) in [7, 11) is 0. The van der Waals surface area contributed by atoms with Gasteiger partial charge in [0.15, 0.2) is 0 Å². The van der Waals surface area contributed by atoms with Gasteiger partial charge in [-0.2, -0.15) is 0 Å². The number of morpholine rings is 1. The number of ether oxygens (including phenoxy) is 2. The molecule has 1 aliphatic carbocycles. The first kappa shape index (κ1) is 14.2. The summed E-state index contributed by atoms with van der Waals surface area (Å²) in [5.41, 5.74) is -0.174. The fraction of sp³-hybridized carbons (Fsp3) is 1.00. The van der Waals surface area contributed by atoms with Crippen molar-refractivity contribution in [1.82, 2.24) is 5.32 Å². The molecule has 3 nitrogen and oxygen atoms in total. The highest BCUT2D eigenvalue weighted by Gasteiger charge is 2.39. The second-order valence-corrected chi connectivity index (χ2v) is 6.13. The third kappa shape index (κ3) is 4.14. The van der Waals surface area contributed by atoms with E-state index in [1.807, 2.05) is 13.8 Å². The molecule has 2 aliphatic rings. The summed E-state index contributed by atoms with van der Waals surface area (Å²) in [6.07, 6.45) is 0.579. The van der Waals surface area contributed by atoms with Crippen LogP contribution < -0.4 is 5.32 Å². The molecule has 1 heterocycles. The Balaban J connectivity index is 1.64. The van der Waals surface area contributed by atoms with Crippen LogP contribution in [0.4, 0.5) is 8.78 Å². The number of halogens is 2. The van der Waals surface area contributed by atoms with Gasteiger partial charge in [-0.3, -0.25) is 0 Å². The number of alkyl halides is 2. The summed E-state index contributed by atoms with van der Waals surface area (Å²) in [4.78, 5) is 0. The van der Waals surface area contributed by atoms with Gasteiger partial charge in [0, 0.05) is 32.5 Å². The molecule has 1 aliphatic heterocycles. The van der Waals surface area contributed by atoms with Crippen LogP contribution in [0.1, 0.15) is 33.1 Å². The van der Waals surface area contributed by atoms with Gasteiger partial charge in [0.1, 0.15) is 0 Å². The van der Waals surface area contributed by atoms with Crippen molar-refractivity contribution in [3.05, 3.63) is 0 Å². The van der Waals surface area contributed by atoms with Crippen LogP contribution in [0.5, 0.6) is 0 Å². The zero-order valence-corrected chi connectivity index (χ0v) is 11.2. The molecule has 0 amide bonds. The summed E-state index contributed by atoms with van der Waals surface area (Å²) >= 11 is 0. The molecule has 0 aromatic rings. The van der Waals surface area contributed by atoms with Crippen LogP contribution in [0.25, 0.3) is 0 Å². The van der Waals surface area contributed by atoms with Gasteiger partial charge in [-0.25, -0.2) is 8.78 Å². The molecule has 2 atom stereocenters. The molecular formula is C13H23F2NO2. The third-order valence-electron chi connectivity index (χ3n) is 3.57. The van der Waals surface area contributed by atoms with Crippen LogP contribution in [0.2, 0.25) is 0 Å². The fourth-order valence-electron chi connectivity index (χ4n) is 2.71. The zero-order valence-electron chi connectivity index (χ0n) is 11.2. The van der Waals surface area contributed by atoms with Crippen molar-refractivity contribution in [1.29, 1.82) is 0 Å². The molecule has 0 aromatic carbocycles. The van der Waals surface area contributed by atoms with Gasteiger partial charge in [-0.15, -0.1) is 0 Å². The molecule has 1 saturated heterocycles. The quantitative estimate of drug-likeness (QED) is 0.843.